The van der Waals surface area contributed by atoms with Gasteiger partial charge in [-0.15, -0.1) is 0 Å². The van der Waals surface area contributed by atoms with Gasteiger partial charge in [-0.1, -0.05) is 84.8 Å². The molecular weight excluding hydrogens is 314 g/mol. The van der Waals surface area contributed by atoms with Gasteiger partial charge in [0.2, 0.25) is 0 Å². The molecule has 26 heavy (non-hydrogen) atoms. The summed E-state index contributed by atoms with van der Waals surface area (Å²) in [4.78, 5) is 4.67. The maximum Gasteiger partial charge on any atom is 0.121 e. The van der Waals surface area contributed by atoms with Gasteiger partial charge in [-0.05, 0) is 35.2 Å². The fourth-order valence-electron chi connectivity index (χ4n) is 2.84. The van der Waals surface area contributed by atoms with Crippen LogP contribution in [-0.4, -0.2) is 4.98 Å². The third-order valence-corrected chi connectivity index (χ3v) is 4.18. The van der Waals surface area contributed by atoms with Crippen molar-refractivity contribution >= 4 is 0 Å². The van der Waals surface area contributed by atoms with E-state index in [4.69, 9.17) is 0 Å². The standard InChI is InChI=1S/C25H17N/c1-4-10-20(11-5-1)16-17-25-24(22-14-8-3-9-15-22)18-23(19-26-25)21-12-6-2-7-13-21/h1-15,18-19H. The van der Waals surface area contributed by atoms with Gasteiger partial charge in [-0.2, -0.15) is 0 Å². The molecule has 0 aliphatic rings. The van der Waals surface area contributed by atoms with E-state index in [0.29, 0.717) is 0 Å². The van der Waals surface area contributed by atoms with Crippen molar-refractivity contribution in [3.63, 3.8) is 0 Å². The first-order valence-electron chi connectivity index (χ1n) is 8.58. The van der Waals surface area contributed by atoms with Gasteiger partial charge in [0.25, 0.3) is 0 Å². The molecule has 4 aromatic rings. The van der Waals surface area contributed by atoms with Gasteiger partial charge >= 0.3 is 0 Å². The molecular formula is C25H17N. The number of pyridine rings is 1. The lowest BCUT2D eigenvalue weighted by Crippen LogP contribution is -1.91. The van der Waals surface area contributed by atoms with Crippen LogP contribution in [0.1, 0.15) is 11.3 Å². The second kappa shape index (κ2) is 7.51. The Morgan fingerprint density at radius 3 is 1.77 bits per heavy atom. The summed E-state index contributed by atoms with van der Waals surface area (Å²) in [6.45, 7) is 0. The Hall–Kier alpha value is -3.63. The second-order valence-corrected chi connectivity index (χ2v) is 5.97. The van der Waals surface area contributed by atoms with Crippen LogP contribution < -0.4 is 0 Å². The van der Waals surface area contributed by atoms with E-state index < -0.39 is 0 Å². The highest BCUT2D eigenvalue weighted by Crippen LogP contribution is 2.27. The van der Waals surface area contributed by atoms with Crippen molar-refractivity contribution in [1.29, 1.82) is 0 Å². The molecule has 4 rings (SSSR count). The van der Waals surface area contributed by atoms with Crippen LogP contribution in [0.15, 0.2) is 103 Å². The summed E-state index contributed by atoms with van der Waals surface area (Å²) in [5.41, 5.74) is 6.19. The van der Waals surface area contributed by atoms with Crippen molar-refractivity contribution in [3.8, 4) is 34.1 Å². The summed E-state index contributed by atoms with van der Waals surface area (Å²) in [5, 5.41) is 0. The average molecular weight is 331 g/mol. The summed E-state index contributed by atoms with van der Waals surface area (Å²) in [7, 11) is 0. The van der Waals surface area contributed by atoms with Crippen molar-refractivity contribution in [2.24, 2.45) is 0 Å². The highest BCUT2D eigenvalue weighted by molar-refractivity contribution is 5.76. The number of nitrogens with zero attached hydrogens (tertiary/aromatic N) is 1. The van der Waals surface area contributed by atoms with E-state index in [1.165, 1.54) is 0 Å². The lowest BCUT2D eigenvalue weighted by Gasteiger charge is -2.08. The molecule has 0 spiro atoms. The van der Waals surface area contributed by atoms with Crippen LogP contribution in [0.5, 0.6) is 0 Å². The fraction of sp³-hybridized carbons (Fsp3) is 0. The Balaban J connectivity index is 1.83. The number of aromatic nitrogens is 1. The Bertz CT molecular complexity index is 1060. The van der Waals surface area contributed by atoms with Gasteiger partial charge in [0, 0.05) is 22.9 Å². The van der Waals surface area contributed by atoms with Crippen LogP contribution in [0.3, 0.4) is 0 Å². The molecule has 0 amide bonds. The zero-order valence-corrected chi connectivity index (χ0v) is 14.3. The van der Waals surface area contributed by atoms with E-state index in [0.717, 1.165) is 33.5 Å². The molecule has 0 N–H and O–H groups in total. The minimum atomic E-state index is 0.791. The van der Waals surface area contributed by atoms with Crippen molar-refractivity contribution < 1.29 is 0 Å². The summed E-state index contributed by atoms with van der Waals surface area (Å²) in [5.74, 6) is 6.46. The van der Waals surface area contributed by atoms with Gasteiger partial charge in [0.1, 0.15) is 5.69 Å². The second-order valence-electron chi connectivity index (χ2n) is 5.97. The Morgan fingerprint density at radius 2 is 1.12 bits per heavy atom. The number of hydrogen-bond acceptors (Lipinski definition) is 1. The first-order chi connectivity index (χ1) is 12.9. The van der Waals surface area contributed by atoms with Gasteiger partial charge in [0.05, 0.1) is 0 Å². The lowest BCUT2D eigenvalue weighted by atomic mass is 9.99. The van der Waals surface area contributed by atoms with Gasteiger partial charge in [-0.25, -0.2) is 4.98 Å². The maximum absolute atomic E-state index is 4.67. The van der Waals surface area contributed by atoms with E-state index in [-0.39, 0.29) is 0 Å². The molecule has 0 bridgehead atoms. The third kappa shape index (κ3) is 3.55. The summed E-state index contributed by atoms with van der Waals surface area (Å²) in [6.07, 6.45) is 1.90. The van der Waals surface area contributed by atoms with Crippen LogP contribution in [0.25, 0.3) is 22.3 Å². The molecule has 0 saturated heterocycles. The van der Waals surface area contributed by atoms with E-state index in [9.17, 15) is 0 Å². The van der Waals surface area contributed by atoms with Crippen LogP contribution in [0.4, 0.5) is 0 Å². The topological polar surface area (TPSA) is 12.9 Å². The zero-order valence-electron chi connectivity index (χ0n) is 14.3. The van der Waals surface area contributed by atoms with Gasteiger partial charge in [0.15, 0.2) is 0 Å². The normalized spacial score (nSPS) is 10.0. The summed E-state index contributed by atoms with van der Waals surface area (Å²) in [6, 6.07) is 32.8. The minimum Gasteiger partial charge on any atom is -0.246 e. The molecule has 0 atom stereocenters. The highest BCUT2D eigenvalue weighted by atomic mass is 14.7. The van der Waals surface area contributed by atoms with Gasteiger partial charge < -0.3 is 0 Å². The predicted octanol–water partition coefficient (Wildman–Crippen LogP) is 5.82. The van der Waals surface area contributed by atoms with Crippen LogP contribution in [-0.2, 0) is 0 Å². The molecule has 0 aliphatic carbocycles. The van der Waals surface area contributed by atoms with E-state index in [1.54, 1.807) is 0 Å². The predicted molar refractivity (Wildman–Crippen MR) is 108 cm³/mol. The zero-order chi connectivity index (χ0) is 17.6. The first kappa shape index (κ1) is 15.9. The Labute approximate surface area is 154 Å². The van der Waals surface area contributed by atoms with Crippen LogP contribution in [0.2, 0.25) is 0 Å². The Kier molecular flexibility index (Phi) is 4.58. The molecule has 0 saturated carbocycles. The number of rotatable bonds is 2. The minimum absolute atomic E-state index is 0.791. The highest BCUT2D eigenvalue weighted by Gasteiger charge is 2.07. The summed E-state index contributed by atoms with van der Waals surface area (Å²) >= 11 is 0. The molecule has 1 heterocycles. The molecule has 122 valence electrons. The third-order valence-electron chi connectivity index (χ3n) is 4.18. The number of benzene rings is 3. The van der Waals surface area contributed by atoms with Crippen LogP contribution in [0, 0.1) is 11.8 Å². The first-order valence-corrected chi connectivity index (χ1v) is 8.58. The lowest BCUT2D eigenvalue weighted by molar-refractivity contribution is 1.29. The van der Waals surface area contributed by atoms with E-state index in [1.807, 2.05) is 72.9 Å². The molecule has 0 aliphatic heterocycles. The van der Waals surface area contributed by atoms with Crippen molar-refractivity contribution in [1.82, 2.24) is 4.98 Å². The van der Waals surface area contributed by atoms with Crippen LogP contribution >= 0.6 is 0 Å². The largest absolute Gasteiger partial charge is 0.246 e. The summed E-state index contributed by atoms with van der Waals surface area (Å²) < 4.78 is 0. The van der Waals surface area contributed by atoms with Crippen molar-refractivity contribution in [3.05, 3.63) is 115 Å². The molecule has 0 radical (unpaired) electrons. The fourth-order valence-corrected chi connectivity index (χ4v) is 2.84. The number of hydrogen-bond donors (Lipinski definition) is 0. The average Bonchev–Trinajstić information content (AvgIpc) is 2.74. The molecule has 3 aromatic carbocycles. The molecule has 1 aromatic heterocycles. The Morgan fingerprint density at radius 1 is 0.538 bits per heavy atom. The molecule has 1 heteroatoms. The molecule has 0 unspecified atom stereocenters. The maximum atomic E-state index is 4.67. The quantitative estimate of drug-likeness (QED) is 0.422. The van der Waals surface area contributed by atoms with Gasteiger partial charge in [-0.3, -0.25) is 0 Å². The SMILES string of the molecule is C(#Cc1ncc(-c2ccccc2)cc1-c1ccccc1)c1ccccc1. The van der Waals surface area contributed by atoms with Crippen molar-refractivity contribution in [2.45, 2.75) is 0 Å². The van der Waals surface area contributed by atoms with E-state index in [2.05, 4.69) is 47.2 Å². The molecule has 1 nitrogen and oxygen atoms in total. The monoisotopic (exact) mass is 331 g/mol. The smallest absolute Gasteiger partial charge is 0.121 e. The van der Waals surface area contributed by atoms with Crippen molar-refractivity contribution in [2.75, 3.05) is 0 Å². The van der Waals surface area contributed by atoms with E-state index >= 15 is 0 Å². The molecule has 0 fully saturated rings.